The predicted octanol–water partition coefficient (Wildman–Crippen LogP) is 4.33. The molecule has 0 radical (unpaired) electrons. The summed E-state index contributed by atoms with van der Waals surface area (Å²) in [6.07, 6.45) is -3.30. The molecule has 0 atom stereocenters. The van der Waals surface area contributed by atoms with E-state index in [4.69, 9.17) is 9.47 Å². The highest BCUT2D eigenvalue weighted by atomic mass is 19.4. The SMILES string of the molecule is COCCn1cc(C(=O)c2cc(F)ccc2OCc2cccc(C(F)(F)F)c2)cc(C#N)c1=O. The second kappa shape index (κ2) is 10.3. The molecule has 0 unspecified atom stereocenters. The van der Waals surface area contributed by atoms with Gasteiger partial charge in [0.25, 0.3) is 5.56 Å². The van der Waals surface area contributed by atoms with Gasteiger partial charge < -0.3 is 14.0 Å². The number of nitrogens with zero attached hydrogens (tertiary/aromatic N) is 2. The molecule has 1 aromatic heterocycles. The Bertz CT molecular complexity index is 1310. The van der Waals surface area contributed by atoms with Crippen LogP contribution in [0.3, 0.4) is 0 Å². The molecule has 10 heteroatoms. The van der Waals surface area contributed by atoms with Crippen molar-refractivity contribution in [2.24, 2.45) is 0 Å². The summed E-state index contributed by atoms with van der Waals surface area (Å²) in [5.41, 5.74) is -1.85. The lowest BCUT2D eigenvalue weighted by molar-refractivity contribution is -0.137. The molecule has 1 heterocycles. The molecule has 3 aromatic rings. The number of hydrogen-bond donors (Lipinski definition) is 0. The van der Waals surface area contributed by atoms with Crippen LogP contribution < -0.4 is 10.3 Å². The van der Waals surface area contributed by atoms with Gasteiger partial charge in [0.2, 0.25) is 0 Å². The molecule has 0 aliphatic heterocycles. The van der Waals surface area contributed by atoms with Crippen molar-refractivity contribution in [1.29, 1.82) is 5.26 Å². The molecule has 0 bridgehead atoms. The Morgan fingerprint density at radius 3 is 2.59 bits per heavy atom. The van der Waals surface area contributed by atoms with Crippen molar-refractivity contribution in [3.8, 4) is 11.8 Å². The molecule has 0 saturated carbocycles. The molecule has 0 fully saturated rings. The standard InChI is InChI=1S/C24H18F4N2O4/c1-33-8-7-30-13-17(10-16(12-29)23(30)32)22(31)20-11-19(25)5-6-21(20)34-14-15-3-2-4-18(9-15)24(26,27)28/h2-6,9-11,13H,7-8,14H2,1H3. The number of rotatable bonds is 8. The number of ether oxygens (including phenoxy) is 2. The second-order valence-corrected chi connectivity index (χ2v) is 7.20. The Labute approximate surface area is 191 Å². The molecular weight excluding hydrogens is 456 g/mol. The number of nitriles is 1. The zero-order valence-corrected chi connectivity index (χ0v) is 17.9. The van der Waals surface area contributed by atoms with Crippen LogP contribution in [0.2, 0.25) is 0 Å². The van der Waals surface area contributed by atoms with Crippen LogP contribution in [-0.4, -0.2) is 24.1 Å². The van der Waals surface area contributed by atoms with Gasteiger partial charge in [-0.3, -0.25) is 9.59 Å². The van der Waals surface area contributed by atoms with E-state index in [-0.39, 0.29) is 47.8 Å². The average molecular weight is 474 g/mol. The van der Waals surface area contributed by atoms with Crippen molar-refractivity contribution in [1.82, 2.24) is 4.57 Å². The number of hydrogen-bond acceptors (Lipinski definition) is 5. The van der Waals surface area contributed by atoms with Gasteiger partial charge in [0.1, 0.15) is 29.8 Å². The van der Waals surface area contributed by atoms with E-state index in [2.05, 4.69) is 0 Å². The van der Waals surface area contributed by atoms with Crippen LogP contribution in [0.1, 0.15) is 32.6 Å². The van der Waals surface area contributed by atoms with Gasteiger partial charge in [0.15, 0.2) is 5.78 Å². The highest BCUT2D eigenvalue weighted by molar-refractivity contribution is 6.10. The molecular formula is C24H18F4N2O4. The fraction of sp³-hybridized carbons (Fsp3) is 0.208. The molecule has 0 spiro atoms. The van der Waals surface area contributed by atoms with E-state index in [0.29, 0.717) is 0 Å². The third-order valence-corrected chi connectivity index (χ3v) is 4.84. The number of benzene rings is 2. The number of carbonyl (C=O) groups is 1. The Balaban J connectivity index is 1.94. The summed E-state index contributed by atoms with van der Waals surface area (Å²) in [5, 5.41) is 9.26. The maximum atomic E-state index is 14.0. The number of aromatic nitrogens is 1. The van der Waals surface area contributed by atoms with Crippen LogP contribution in [0, 0.1) is 17.1 Å². The van der Waals surface area contributed by atoms with Crippen molar-refractivity contribution in [2.45, 2.75) is 19.3 Å². The van der Waals surface area contributed by atoms with Gasteiger partial charge in [-0.2, -0.15) is 18.4 Å². The van der Waals surface area contributed by atoms with Gasteiger partial charge in [-0.1, -0.05) is 12.1 Å². The zero-order chi connectivity index (χ0) is 24.9. The highest BCUT2D eigenvalue weighted by Crippen LogP contribution is 2.30. The number of pyridine rings is 1. The number of alkyl halides is 3. The molecule has 0 N–H and O–H groups in total. The zero-order valence-electron chi connectivity index (χ0n) is 17.9. The normalized spacial score (nSPS) is 11.2. The van der Waals surface area contributed by atoms with Crippen molar-refractivity contribution >= 4 is 5.78 Å². The summed E-state index contributed by atoms with van der Waals surface area (Å²) in [6.45, 7) is -0.0897. The largest absolute Gasteiger partial charge is 0.488 e. The molecule has 0 aliphatic carbocycles. The van der Waals surface area contributed by atoms with E-state index in [0.717, 1.165) is 34.9 Å². The maximum absolute atomic E-state index is 14.0. The maximum Gasteiger partial charge on any atom is 0.416 e. The van der Waals surface area contributed by atoms with Gasteiger partial charge in [0.05, 0.1) is 17.7 Å². The van der Waals surface area contributed by atoms with Crippen molar-refractivity contribution < 1.29 is 31.8 Å². The lowest BCUT2D eigenvalue weighted by Crippen LogP contribution is -2.25. The van der Waals surface area contributed by atoms with E-state index in [1.165, 1.54) is 31.5 Å². The molecule has 176 valence electrons. The summed E-state index contributed by atoms with van der Waals surface area (Å²) < 4.78 is 64.4. The third kappa shape index (κ3) is 5.68. The van der Waals surface area contributed by atoms with Crippen LogP contribution in [0.15, 0.2) is 59.5 Å². The van der Waals surface area contributed by atoms with Gasteiger partial charge >= 0.3 is 6.18 Å². The summed E-state index contributed by atoms with van der Waals surface area (Å²) in [5.74, 6) is -1.55. The van der Waals surface area contributed by atoms with Crippen LogP contribution in [0.5, 0.6) is 5.75 Å². The van der Waals surface area contributed by atoms with Gasteiger partial charge in [-0.25, -0.2) is 4.39 Å². The minimum atomic E-state index is -4.53. The van der Waals surface area contributed by atoms with Crippen molar-refractivity contribution in [2.75, 3.05) is 13.7 Å². The van der Waals surface area contributed by atoms with E-state index >= 15 is 0 Å². The lowest BCUT2D eigenvalue weighted by Gasteiger charge is -2.14. The van der Waals surface area contributed by atoms with Crippen LogP contribution >= 0.6 is 0 Å². The number of carbonyl (C=O) groups excluding carboxylic acids is 1. The average Bonchev–Trinajstić information content (AvgIpc) is 2.81. The Hall–Kier alpha value is -3.97. The monoisotopic (exact) mass is 474 g/mol. The fourth-order valence-electron chi connectivity index (χ4n) is 3.16. The molecule has 0 aliphatic rings. The summed E-state index contributed by atoms with van der Waals surface area (Å²) in [4.78, 5) is 25.5. The molecule has 34 heavy (non-hydrogen) atoms. The number of methoxy groups -OCH3 is 1. The van der Waals surface area contributed by atoms with E-state index in [1.54, 1.807) is 6.07 Å². The van der Waals surface area contributed by atoms with E-state index in [9.17, 15) is 32.4 Å². The first-order chi connectivity index (χ1) is 16.1. The fourth-order valence-corrected chi connectivity index (χ4v) is 3.16. The topological polar surface area (TPSA) is 81.3 Å². The van der Waals surface area contributed by atoms with Crippen LogP contribution in [0.25, 0.3) is 0 Å². The van der Waals surface area contributed by atoms with Gasteiger partial charge in [0, 0.05) is 25.4 Å². The Morgan fingerprint density at radius 1 is 1.15 bits per heavy atom. The first kappa shape index (κ1) is 24.7. The summed E-state index contributed by atoms with van der Waals surface area (Å²) in [7, 11) is 1.42. The van der Waals surface area contributed by atoms with Crippen molar-refractivity contribution in [3.05, 3.63) is 98.7 Å². The van der Waals surface area contributed by atoms with Crippen molar-refractivity contribution in [3.63, 3.8) is 0 Å². The number of halogens is 4. The first-order valence-electron chi connectivity index (χ1n) is 9.90. The molecule has 0 saturated heterocycles. The second-order valence-electron chi connectivity index (χ2n) is 7.20. The van der Waals surface area contributed by atoms with Crippen LogP contribution in [0.4, 0.5) is 17.6 Å². The van der Waals surface area contributed by atoms with Crippen LogP contribution in [-0.2, 0) is 24.1 Å². The first-order valence-corrected chi connectivity index (χ1v) is 9.90. The Morgan fingerprint density at radius 2 is 1.91 bits per heavy atom. The minimum Gasteiger partial charge on any atom is -0.488 e. The molecule has 3 rings (SSSR count). The predicted molar refractivity (Wildman–Crippen MR) is 113 cm³/mol. The van der Waals surface area contributed by atoms with Gasteiger partial charge in [-0.15, -0.1) is 0 Å². The smallest absolute Gasteiger partial charge is 0.416 e. The lowest BCUT2D eigenvalue weighted by atomic mass is 10.0. The summed E-state index contributed by atoms with van der Waals surface area (Å²) >= 11 is 0. The van der Waals surface area contributed by atoms with Gasteiger partial charge in [-0.05, 0) is 42.0 Å². The molecule has 2 aromatic carbocycles. The third-order valence-electron chi connectivity index (χ3n) is 4.84. The minimum absolute atomic E-state index is 0.0678. The summed E-state index contributed by atoms with van der Waals surface area (Å²) in [6, 6.07) is 10.4. The highest BCUT2D eigenvalue weighted by Gasteiger charge is 2.30. The Kier molecular flexibility index (Phi) is 7.48. The molecule has 6 nitrogen and oxygen atoms in total. The molecule has 0 amide bonds. The van der Waals surface area contributed by atoms with E-state index in [1.807, 2.05) is 0 Å². The van der Waals surface area contributed by atoms with E-state index < -0.39 is 28.9 Å². The number of ketones is 1. The quantitative estimate of drug-likeness (QED) is 0.359.